The molecule has 1 aliphatic heterocycles. The maximum absolute atomic E-state index is 12.1. The number of nitrogens with zero attached hydrogens (tertiary/aromatic N) is 1. The van der Waals surface area contributed by atoms with Gasteiger partial charge in [0.2, 0.25) is 15.9 Å². The van der Waals surface area contributed by atoms with Gasteiger partial charge in [-0.2, -0.15) is 0 Å². The summed E-state index contributed by atoms with van der Waals surface area (Å²) in [6, 6.07) is 4.45. The van der Waals surface area contributed by atoms with Crippen molar-refractivity contribution in [2.24, 2.45) is 0 Å². The molecule has 6 nitrogen and oxygen atoms in total. The predicted molar refractivity (Wildman–Crippen MR) is 76.9 cm³/mol. The Morgan fingerprint density at radius 1 is 1.35 bits per heavy atom. The number of hydrogen-bond donors (Lipinski definition) is 2. The Balaban J connectivity index is 2.09. The van der Waals surface area contributed by atoms with Crippen LogP contribution in [0.15, 0.2) is 23.1 Å². The largest absolute Gasteiger partial charge is 0.398 e. The molecule has 8 heteroatoms. The third kappa shape index (κ3) is 3.23. The van der Waals surface area contributed by atoms with Crippen LogP contribution in [0.3, 0.4) is 0 Å². The molecule has 1 fully saturated rings. The van der Waals surface area contributed by atoms with E-state index in [0.29, 0.717) is 13.1 Å². The number of nitrogens with two attached hydrogens (primary N) is 1. The van der Waals surface area contributed by atoms with Gasteiger partial charge in [0.05, 0.1) is 17.3 Å². The standard InChI is InChI=1S/C12H16ClN3O3S/c13-9-4-3-5-10(14)12(9)20(18,19)15-8-11(17)16-6-1-2-7-16/h3-5,15H,1-2,6-8,14H2. The lowest BCUT2D eigenvalue weighted by Crippen LogP contribution is -2.38. The van der Waals surface area contributed by atoms with Gasteiger partial charge in [0.1, 0.15) is 4.90 Å². The Hall–Kier alpha value is -1.31. The summed E-state index contributed by atoms with van der Waals surface area (Å²) in [5.74, 6) is -0.239. The highest BCUT2D eigenvalue weighted by atomic mass is 35.5. The fourth-order valence-corrected chi connectivity index (χ4v) is 3.76. The molecule has 0 spiro atoms. The van der Waals surface area contributed by atoms with Gasteiger partial charge in [-0.1, -0.05) is 17.7 Å². The molecule has 1 saturated heterocycles. The number of carbonyl (C=O) groups is 1. The minimum Gasteiger partial charge on any atom is -0.398 e. The zero-order valence-corrected chi connectivity index (χ0v) is 12.4. The molecule has 3 N–H and O–H groups in total. The van der Waals surface area contributed by atoms with Crippen LogP contribution in [0.1, 0.15) is 12.8 Å². The molecule has 1 aromatic carbocycles. The van der Waals surface area contributed by atoms with Crippen molar-refractivity contribution in [3.05, 3.63) is 23.2 Å². The molecule has 0 atom stereocenters. The van der Waals surface area contributed by atoms with E-state index in [-0.39, 0.29) is 28.1 Å². The van der Waals surface area contributed by atoms with E-state index in [9.17, 15) is 13.2 Å². The lowest BCUT2D eigenvalue weighted by atomic mass is 10.3. The summed E-state index contributed by atoms with van der Waals surface area (Å²) in [6.45, 7) is 1.07. The molecular formula is C12H16ClN3O3S. The van der Waals surface area contributed by atoms with E-state index in [1.165, 1.54) is 12.1 Å². The maximum Gasteiger partial charge on any atom is 0.244 e. The molecule has 1 amide bonds. The smallest absolute Gasteiger partial charge is 0.244 e. The quantitative estimate of drug-likeness (QED) is 0.804. The fraction of sp³-hybridized carbons (Fsp3) is 0.417. The van der Waals surface area contributed by atoms with Crippen LogP contribution in [0.25, 0.3) is 0 Å². The first-order chi connectivity index (χ1) is 9.42. The second kappa shape index (κ2) is 5.99. The number of nitrogen functional groups attached to an aromatic ring is 1. The Morgan fingerprint density at radius 2 is 2.00 bits per heavy atom. The topological polar surface area (TPSA) is 92.5 Å². The minimum absolute atomic E-state index is 0.0334. The molecule has 0 aliphatic carbocycles. The number of anilines is 1. The van der Waals surface area contributed by atoms with Crippen molar-refractivity contribution >= 4 is 33.2 Å². The van der Waals surface area contributed by atoms with Crippen LogP contribution < -0.4 is 10.5 Å². The summed E-state index contributed by atoms with van der Waals surface area (Å²) in [5.41, 5.74) is 5.69. The average molecular weight is 318 g/mol. The van der Waals surface area contributed by atoms with E-state index in [0.717, 1.165) is 12.8 Å². The van der Waals surface area contributed by atoms with Gasteiger partial charge < -0.3 is 10.6 Å². The van der Waals surface area contributed by atoms with Crippen LogP contribution in [-0.2, 0) is 14.8 Å². The molecule has 1 heterocycles. The van der Waals surface area contributed by atoms with Crippen molar-refractivity contribution in [1.82, 2.24) is 9.62 Å². The molecule has 1 aliphatic rings. The number of halogens is 1. The average Bonchev–Trinajstić information content (AvgIpc) is 2.89. The van der Waals surface area contributed by atoms with Gasteiger partial charge in [-0.3, -0.25) is 4.79 Å². The molecule has 2 rings (SSSR count). The molecule has 110 valence electrons. The Labute approximate surface area is 122 Å². The zero-order valence-electron chi connectivity index (χ0n) is 10.8. The van der Waals surface area contributed by atoms with Gasteiger partial charge in [-0.15, -0.1) is 0 Å². The zero-order chi connectivity index (χ0) is 14.8. The van der Waals surface area contributed by atoms with Crippen molar-refractivity contribution in [2.75, 3.05) is 25.4 Å². The predicted octanol–water partition coefficient (Wildman–Crippen LogP) is 0.823. The number of likely N-dealkylation sites (tertiary alicyclic amines) is 1. The second-order valence-corrected chi connectivity index (χ2v) is 6.68. The van der Waals surface area contributed by atoms with Crippen LogP contribution in [0.5, 0.6) is 0 Å². The van der Waals surface area contributed by atoms with Crippen LogP contribution in [0.2, 0.25) is 5.02 Å². The van der Waals surface area contributed by atoms with E-state index in [1.54, 1.807) is 11.0 Å². The van der Waals surface area contributed by atoms with Gasteiger partial charge in [0, 0.05) is 13.1 Å². The van der Waals surface area contributed by atoms with Crippen molar-refractivity contribution in [3.63, 3.8) is 0 Å². The number of nitrogens with one attached hydrogen (secondary N) is 1. The van der Waals surface area contributed by atoms with Crippen LogP contribution in [0.4, 0.5) is 5.69 Å². The number of carbonyl (C=O) groups excluding carboxylic acids is 1. The third-order valence-corrected chi connectivity index (χ3v) is 5.08. The third-order valence-electron chi connectivity index (χ3n) is 3.14. The minimum atomic E-state index is -3.90. The number of amides is 1. The highest BCUT2D eigenvalue weighted by Crippen LogP contribution is 2.26. The number of hydrogen-bond acceptors (Lipinski definition) is 4. The van der Waals surface area contributed by atoms with Crippen molar-refractivity contribution in [1.29, 1.82) is 0 Å². The lowest BCUT2D eigenvalue weighted by molar-refractivity contribution is -0.128. The molecule has 1 aromatic rings. The van der Waals surface area contributed by atoms with Crippen LogP contribution in [0, 0.1) is 0 Å². The Morgan fingerprint density at radius 3 is 2.60 bits per heavy atom. The van der Waals surface area contributed by atoms with E-state index < -0.39 is 10.0 Å². The first-order valence-electron chi connectivity index (χ1n) is 6.23. The van der Waals surface area contributed by atoms with E-state index >= 15 is 0 Å². The van der Waals surface area contributed by atoms with Crippen molar-refractivity contribution in [2.45, 2.75) is 17.7 Å². The van der Waals surface area contributed by atoms with Crippen molar-refractivity contribution < 1.29 is 13.2 Å². The molecule has 0 saturated carbocycles. The normalized spacial score (nSPS) is 15.6. The van der Waals surface area contributed by atoms with E-state index in [1.807, 2.05) is 0 Å². The SMILES string of the molecule is Nc1cccc(Cl)c1S(=O)(=O)NCC(=O)N1CCCC1. The van der Waals surface area contributed by atoms with E-state index in [2.05, 4.69) is 4.72 Å². The summed E-state index contributed by atoms with van der Waals surface area (Å²) in [6.07, 6.45) is 1.91. The van der Waals surface area contributed by atoms with Crippen LogP contribution >= 0.6 is 11.6 Å². The van der Waals surface area contributed by atoms with Gasteiger partial charge in [0.15, 0.2) is 0 Å². The summed E-state index contributed by atoms with van der Waals surface area (Å²) in [7, 11) is -3.90. The van der Waals surface area contributed by atoms with Gasteiger partial charge in [-0.25, -0.2) is 13.1 Å². The molecule has 0 radical (unpaired) electrons. The monoisotopic (exact) mass is 317 g/mol. The molecule has 0 unspecified atom stereocenters. The molecular weight excluding hydrogens is 302 g/mol. The first kappa shape index (κ1) is 15.1. The second-order valence-electron chi connectivity index (χ2n) is 4.57. The summed E-state index contributed by atoms with van der Waals surface area (Å²) >= 11 is 5.86. The maximum atomic E-state index is 12.1. The van der Waals surface area contributed by atoms with E-state index in [4.69, 9.17) is 17.3 Å². The van der Waals surface area contributed by atoms with Gasteiger partial charge in [0.25, 0.3) is 0 Å². The van der Waals surface area contributed by atoms with Crippen LogP contribution in [-0.4, -0.2) is 38.9 Å². The molecule has 20 heavy (non-hydrogen) atoms. The number of sulfonamides is 1. The van der Waals surface area contributed by atoms with Gasteiger partial charge in [-0.05, 0) is 25.0 Å². The van der Waals surface area contributed by atoms with Gasteiger partial charge >= 0.3 is 0 Å². The lowest BCUT2D eigenvalue weighted by Gasteiger charge is -2.16. The van der Waals surface area contributed by atoms with Crippen molar-refractivity contribution in [3.8, 4) is 0 Å². The molecule has 0 aromatic heterocycles. The summed E-state index contributed by atoms with van der Waals surface area (Å²) in [5, 5.41) is 0.0334. The number of rotatable bonds is 4. The Bertz CT molecular complexity index is 592. The summed E-state index contributed by atoms with van der Waals surface area (Å²) in [4.78, 5) is 13.3. The summed E-state index contributed by atoms with van der Waals surface area (Å²) < 4.78 is 26.5. The highest BCUT2D eigenvalue weighted by molar-refractivity contribution is 7.89. The Kier molecular flexibility index (Phi) is 4.52. The first-order valence-corrected chi connectivity index (χ1v) is 8.09. The number of benzene rings is 1. The molecule has 0 bridgehead atoms. The fourth-order valence-electron chi connectivity index (χ4n) is 2.12. The highest BCUT2D eigenvalue weighted by Gasteiger charge is 2.24.